The third-order valence-electron chi connectivity index (χ3n) is 2.94. The fraction of sp³-hybridized carbons (Fsp3) is 0.917. The summed E-state index contributed by atoms with van der Waals surface area (Å²) < 4.78 is 5.33. The van der Waals surface area contributed by atoms with Gasteiger partial charge in [-0.25, -0.2) is 0 Å². The Labute approximate surface area is 98.5 Å². The minimum Gasteiger partial charge on any atom is -0.369 e. The summed E-state index contributed by atoms with van der Waals surface area (Å²) in [6.07, 6.45) is 0.126. The fourth-order valence-corrected chi connectivity index (χ4v) is 1.82. The minimum absolute atomic E-state index is 0.122. The first-order valence-electron chi connectivity index (χ1n) is 6.14. The number of hydrogen-bond acceptors (Lipinski definition) is 3. The lowest BCUT2D eigenvalue weighted by Crippen LogP contribution is -2.51. The van der Waals surface area contributed by atoms with Crippen molar-refractivity contribution in [2.75, 3.05) is 32.8 Å². The van der Waals surface area contributed by atoms with Gasteiger partial charge in [-0.3, -0.25) is 9.69 Å². The highest BCUT2D eigenvalue weighted by Crippen LogP contribution is 2.06. The fourth-order valence-electron chi connectivity index (χ4n) is 1.82. The summed E-state index contributed by atoms with van der Waals surface area (Å²) in [7, 11) is 0. The Hall–Kier alpha value is -0.610. The average molecular weight is 228 g/mol. The van der Waals surface area contributed by atoms with Crippen LogP contribution in [0, 0.1) is 0 Å². The van der Waals surface area contributed by atoms with Crippen LogP contribution in [0.3, 0.4) is 0 Å². The van der Waals surface area contributed by atoms with Crippen molar-refractivity contribution in [1.82, 2.24) is 9.80 Å². The molecule has 0 aromatic heterocycles. The van der Waals surface area contributed by atoms with E-state index in [2.05, 4.69) is 18.7 Å². The Balaban J connectivity index is 2.27. The molecule has 1 aliphatic heterocycles. The quantitative estimate of drug-likeness (QED) is 0.718. The summed E-state index contributed by atoms with van der Waals surface area (Å²) in [6.45, 7) is 12.1. The van der Waals surface area contributed by atoms with Crippen LogP contribution < -0.4 is 0 Å². The molecule has 0 aromatic rings. The average Bonchev–Trinajstić information content (AvgIpc) is 2.26. The van der Waals surface area contributed by atoms with Crippen molar-refractivity contribution in [3.63, 3.8) is 0 Å². The topological polar surface area (TPSA) is 32.8 Å². The van der Waals surface area contributed by atoms with E-state index in [1.807, 2.05) is 18.7 Å². The molecule has 0 atom stereocenters. The third kappa shape index (κ3) is 4.10. The lowest BCUT2D eigenvalue weighted by Gasteiger charge is -2.36. The number of ether oxygens (including phenoxy) is 1. The molecular weight excluding hydrogens is 204 g/mol. The van der Waals surface area contributed by atoms with E-state index in [-0.39, 0.29) is 18.6 Å². The van der Waals surface area contributed by atoms with E-state index in [9.17, 15) is 4.79 Å². The summed E-state index contributed by atoms with van der Waals surface area (Å²) in [5, 5.41) is 0. The Morgan fingerprint density at radius 3 is 2.12 bits per heavy atom. The molecule has 4 heteroatoms. The van der Waals surface area contributed by atoms with Crippen molar-refractivity contribution in [1.29, 1.82) is 0 Å². The van der Waals surface area contributed by atoms with Gasteiger partial charge in [-0.15, -0.1) is 0 Å². The summed E-state index contributed by atoms with van der Waals surface area (Å²) in [5.41, 5.74) is 0. The highest BCUT2D eigenvalue weighted by Gasteiger charge is 2.22. The minimum atomic E-state index is 0.122. The van der Waals surface area contributed by atoms with Gasteiger partial charge in [0.15, 0.2) is 0 Å². The SMILES string of the molecule is CC(C)OCC(=O)N1CCN(C(C)C)CC1. The van der Waals surface area contributed by atoms with E-state index in [0.717, 1.165) is 26.2 Å². The van der Waals surface area contributed by atoms with Crippen LogP contribution in [0.1, 0.15) is 27.7 Å². The van der Waals surface area contributed by atoms with Gasteiger partial charge in [0.2, 0.25) is 5.91 Å². The monoisotopic (exact) mass is 228 g/mol. The van der Waals surface area contributed by atoms with Gasteiger partial charge < -0.3 is 9.64 Å². The number of amides is 1. The molecule has 1 aliphatic rings. The summed E-state index contributed by atoms with van der Waals surface area (Å²) in [5.74, 6) is 0.122. The van der Waals surface area contributed by atoms with Gasteiger partial charge in [0.05, 0.1) is 6.10 Å². The molecule has 0 radical (unpaired) electrons. The molecular formula is C12H24N2O2. The Morgan fingerprint density at radius 2 is 1.69 bits per heavy atom. The molecule has 0 N–H and O–H groups in total. The number of carbonyl (C=O) groups excluding carboxylic acids is 1. The predicted octanol–water partition coefficient (Wildman–Crippen LogP) is 0.964. The van der Waals surface area contributed by atoms with Crippen molar-refractivity contribution in [2.45, 2.75) is 39.8 Å². The van der Waals surface area contributed by atoms with Crippen molar-refractivity contribution >= 4 is 5.91 Å². The number of rotatable bonds is 4. The molecule has 0 bridgehead atoms. The summed E-state index contributed by atoms with van der Waals surface area (Å²) in [4.78, 5) is 16.1. The first kappa shape index (κ1) is 13.5. The molecule has 4 nitrogen and oxygen atoms in total. The van der Waals surface area contributed by atoms with Crippen LogP contribution >= 0.6 is 0 Å². The van der Waals surface area contributed by atoms with Crippen molar-refractivity contribution in [2.24, 2.45) is 0 Å². The highest BCUT2D eigenvalue weighted by molar-refractivity contribution is 5.77. The van der Waals surface area contributed by atoms with Crippen LogP contribution in [0.4, 0.5) is 0 Å². The Bertz CT molecular complexity index is 221. The smallest absolute Gasteiger partial charge is 0.248 e. The van der Waals surface area contributed by atoms with Crippen LogP contribution in [-0.2, 0) is 9.53 Å². The Morgan fingerprint density at radius 1 is 1.12 bits per heavy atom. The first-order valence-corrected chi connectivity index (χ1v) is 6.14. The number of hydrogen-bond donors (Lipinski definition) is 0. The zero-order valence-electron chi connectivity index (χ0n) is 10.9. The van der Waals surface area contributed by atoms with E-state index < -0.39 is 0 Å². The van der Waals surface area contributed by atoms with Crippen LogP contribution in [-0.4, -0.2) is 60.6 Å². The number of carbonyl (C=O) groups is 1. The van der Waals surface area contributed by atoms with Crippen LogP contribution in [0.5, 0.6) is 0 Å². The molecule has 0 aromatic carbocycles. The standard InChI is InChI=1S/C12H24N2O2/c1-10(2)13-5-7-14(8-6-13)12(15)9-16-11(3)4/h10-11H,5-9H2,1-4H3. The number of nitrogens with zero attached hydrogens (tertiary/aromatic N) is 2. The maximum atomic E-state index is 11.8. The van der Waals surface area contributed by atoms with Gasteiger partial charge in [-0.2, -0.15) is 0 Å². The lowest BCUT2D eigenvalue weighted by atomic mass is 10.2. The second kappa shape index (κ2) is 6.21. The summed E-state index contributed by atoms with van der Waals surface area (Å²) in [6, 6.07) is 0.573. The predicted molar refractivity (Wildman–Crippen MR) is 64.4 cm³/mol. The van der Waals surface area contributed by atoms with Crippen molar-refractivity contribution in [3.8, 4) is 0 Å². The zero-order chi connectivity index (χ0) is 12.1. The largest absolute Gasteiger partial charge is 0.369 e. The van der Waals surface area contributed by atoms with Gasteiger partial charge in [-0.1, -0.05) is 0 Å². The molecule has 94 valence electrons. The van der Waals surface area contributed by atoms with Gasteiger partial charge in [-0.05, 0) is 27.7 Å². The van der Waals surface area contributed by atoms with E-state index in [4.69, 9.17) is 4.74 Å². The lowest BCUT2D eigenvalue weighted by molar-refractivity contribution is -0.139. The van der Waals surface area contributed by atoms with Crippen molar-refractivity contribution in [3.05, 3.63) is 0 Å². The van der Waals surface area contributed by atoms with Gasteiger partial charge in [0, 0.05) is 32.2 Å². The van der Waals surface area contributed by atoms with Crippen LogP contribution in [0.2, 0.25) is 0 Å². The van der Waals surface area contributed by atoms with Gasteiger partial charge in [0.1, 0.15) is 6.61 Å². The number of piperazine rings is 1. The molecule has 0 spiro atoms. The van der Waals surface area contributed by atoms with E-state index >= 15 is 0 Å². The molecule has 16 heavy (non-hydrogen) atoms. The molecule has 1 rings (SSSR count). The molecule has 0 saturated carbocycles. The normalized spacial score (nSPS) is 18.5. The van der Waals surface area contributed by atoms with Crippen LogP contribution in [0.15, 0.2) is 0 Å². The maximum absolute atomic E-state index is 11.8. The highest BCUT2D eigenvalue weighted by atomic mass is 16.5. The van der Waals surface area contributed by atoms with Crippen LogP contribution in [0.25, 0.3) is 0 Å². The maximum Gasteiger partial charge on any atom is 0.248 e. The second-order valence-corrected chi connectivity index (χ2v) is 4.87. The third-order valence-corrected chi connectivity index (χ3v) is 2.94. The molecule has 1 saturated heterocycles. The van der Waals surface area contributed by atoms with E-state index in [1.165, 1.54) is 0 Å². The van der Waals surface area contributed by atoms with E-state index in [1.54, 1.807) is 0 Å². The molecule has 0 aliphatic carbocycles. The first-order chi connectivity index (χ1) is 7.50. The second-order valence-electron chi connectivity index (χ2n) is 4.87. The van der Waals surface area contributed by atoms with Crippen molar-refractivity contribution < 1.29 is 9.53 Å². The summed E-state index contributed by atoms with van der Waals surface area (Å²) >= 11 is 0. The van der Waals surface area contributed by atoms with Gasteiger partial charge in [0.25, 0.3) is 0 Å². The zero-order valence-corrected chi connectivity index (χ0v) is 10.9. The molecule has 1 amide bonds. The Kier molecular flexibility index (Phi) is 5.22. The molecule has 1 fully saturated rings. The molecule has 1 heterocycles. The van der Waals surface area contributed by atoms with Gasteiger partial charge >= 0.3 is 0 Å². The molecule has 0 unspecified atom stereocenters. The van der Waals surface area contributed by atoms with E-state index in [0.29, 0.717) is 6.04 Å².